The minimum Gasteiger partial charge on any atom is -0.489 e. The van der Waals surface area contributed by atoms with Gasteiger partial charge in [0, 0.05) is 32.4 Å². The highest BCUT2D eigenvalue weighted by atomic mass is 35.5. The zero-order chi connectivity index (χ0) is 29.2. The molecule has 2 amide bonds. The number of nitrogens with one attached hydrogen (secondary N) is 1. The van der Waals surface area contributed by atoms with Crippen molar-refractivity contribution < 1.29 is 24.2 Å². The Morgan fingerprint density at radius 3 is 2.24 bits per heavy atom. The van der Waals surface area contributed by atoms with E-state index in [1.54, 1.807) is 24.3 Å². The molecule has 0 aromatic heterocycles. The third-order valence-corrected chi connectivity index (χ3v) is 8.04. The first-order valence-electron chi connectivity index (χ1n) is 13.8. The van der Waals surface area contributed by atoms with Crippen molar-refractivity contribution in [1.82, 2.24) is 10.2 Å². The van der Waals surface area contributed by atoms with Gasteiger partial charge in [-0.2, -0.15) is 0 Å². The van der Waals surface area contributed by atoms with Crippen LogP contribution in [0.5, 0.6) is 5.75 Å². The van der Waals surface area contributed by atoms with Crippen LogP contribution in [0.4, 0.5) is 0 Å². The Morgan fingerprint density at radius 1 is 0.902 bits per heavy atom. The van der Waals surface area contributed by atoms with Gasteiger partial charge < -0.3 is 20.1 Å². The largest absolute Gasteiger partial charge is 0.489 e. The van der Waals surface area contributed by atoms with E-state index < -0.39 is 12.0 Å². The molecule has 1 aliphatic heterocycles. The quantitative estimate of drug-likeness (QED) is 0.269. The van der Waals surface area contributed by atoms with Crippen molar-refractivity contribution in [2.45, 2.75) is 51.2 Å². The van der Waals surface area contributed by atoms with Crippen LogP contribution in [0.1, 0.15) is 42.4 Å². The number of hydrogen-bond acceptors (Lipinski definition) is 4. The number of amides is 2. The summed E-state index contributed by atoms with van der Waals surface area (Å²) in [5.74, 6) is -0.506. The predicted molar refractivity (Wildman–Crippen MR) is 159 cm³/mol. The molecule has 0 aliphatic carbocycles. The summed E-state index contributed by atoms with van der Waals surface area (Å²) in [5.41, 5.74) is 2.81. The zero-order valence-electron chi connectivity index (χ0n) is 22.7. The second-order valence-corrected chi connectivity index (χ2v) is 11.2. The Hall–Kier alpha value is -3.55. The van der Waals surface area contributed by atoms with Crippen molar-refractivity contribution in [2.24, 2.45) is 5.92 Å². The van der Waals surface area contributed by atoms with Crippen LogP contribution in [-0.2, 0) is 33.8 Å². The highest BCUT2D eigenvalue weighted by Gasteiger charge is 2.26. The summed E-state index contributed by atoms with van der Waals surface area (Å²) in [6, 6.07) is 21.4. The molecule has 0 saturated carbocycles. The molecule has 1 atom stereocenters. The lowest BCUT2D eigenvalue weighted by Crippen LogP contribution is -2.44. The average Bonchev–Trinajstić information content (AvgIpc) is 2.97. The van der Waals surface area contributed by atoms with Gasteiger partial charge in [0.25, 0.3) is 0 Å². The fourth-order valence-corrected chi connectivity index (χ4v) is 5.23. The number of aliphatic carboxylic acids is 1. The van der Waals surface area contributed by atoms with Gasteiger partial charge in [-0.05, 0) is 66.1 Å². The first kappa shape index (κ1) is 30.4. The molecule has 1 aliphatic rings. The summed E-state index contributed by atoms with van der Waals surface area (Å²) >= 11 is 12.0. The molecular weight excluding hydrogens is 563 g/mol. The first-order valence-corrected chi connectivity index (χ1v) is 14.5. The Bertz CT molecular complexity index is 1330. The van der Waals surface area contributed by atoms with Gasteiger partial charge in [0.15, 0.2) is 0 Å². The van der Waals surface area contributed by atoms with Gasteiger partial charge in [0.2, 0.25) is 11.8 Å². The van der Waals surface area contributed by atoms with Crippen molar-refractivity contribution >= 4 is 41.0 Å². The molecule has 0 spiro atoms. The number of carboxylic acids is 1. The van der Waals surface area contributed by atoms with Crippen molar-refractivity contribution in [3.05, 3.63) is 99.5 Å². The van der Waals surface area contributed by atoms with Crippen molar-refractivity contribution in [2.75, 3.05) is 13.1 Å². The van der Waals surface area contributed by atoms with Crippen LogP contribution in [0.25, 0.3) is 0 Å². The molecule has 4 rings (SSSR count). The second-order valence-electron chi connectivity index (χ2n) is 10.4. The Labute approximate surface area is 250 Å². The Kier molecular flexibility index (Phi) is 11.0. The molecule has 216 valence electrons. The monoisotopic (exact) mass is 596 g/mol. The standard InChI is InChI=1S/C32H34Cl2N2O5/c33-27-12-8-22(18-28(27)34)9-13-31(38)36-16-14-24(15-17-36)20-30(37)35-29(32(39)40)19-23-6-10-26(11-7-23)41-21-25-4-2-1-3-5-25/h1-8,10-12,18,24,29H,9,13-17,19-21H2,(H,35,37)(H,39,40)/t29-/m0/s1. The van der Waals surface area contributed by atoms with Gasteiger partial charge >= 0.3 is 5.97 Å². The van der Waals surface area contributed by atoms with E-state index in [1.807, 2.05) is 53.4 Å². The molecule has 3 aromatic carbocycles. The van der Waals surface area contributed by atoms with Gasteiger partial charge in [0.1, 0.15) is 18.4 Å². The maximum absolute atomic E-state index is 12.7. The molecule has 1 heterocycles. The van der Waals surface area contributed by atoms with E-state index in [2.05, 4.69) is 5.32 Å². The number of carboxylic acid groups (broad SMARTS) is 1. The van der Waals surface area contributed by atoms with Gasteiger partial charge in [-0.25, -0.2) is 4.79 Å². The van der Waals surface area contributed by atoms with E-state index in [0.29, 0.717) is 61.2 Å². The van der Waals surface area contributed by atoms with E-state index in [4.69, 9.17) is 27.9 Å². The van der Waals surface area contributed by atoms with Crippen LogP contribution in [0.15, 0.2) is 72.8 Å². The van der Waals surface area contributed by atoms with E-state index in [9.17, 15) is 19.5 Å². The number of carbonyl (C=O) groups excluding carboxylic acids is 2. The molecule has 2 N–H and O–H groups in total. The summed E-state index contributed by atoms with van der Waals surface area (Å²) < 4.78 is 5.79. The van der Waals surface area contributed by atoms with Crippen LogP contribution >= 0.6 is 23.2 Å². The SMILES string of the molecule is O=C(CC1CCN(C(=O)CCc2ccc(Cl)c(Cl)c2)CC1)N[C@@H](Cc1ccc(OCc2ccccc2)cc1)C(=O)O. The summed E-state index contributed by atoms with van der Waals surface area (Å²) in [6.45, 7) is 1.61. The third-order valence-electron chi connectivity index (χ3n) is 7.30. The van der Waals surface area contributed by atoms with Gasteiger partial charge in [0.05, 0.1) is 10.0 Å². The number of nitrogens with zero attached hydrogens (tertiary/aromatic N) is 1. The number of piperidine rings is 1. The molecule has 7 nitrogen and oxygen atoms in total. The van der Waals surface area contributed by atoms with Gasteiger partial charge in [-0.15, -0.1) is 0 Å². The molecule has 41 heavy (non-hydrogen) atoms. The molecule has 1 saturated heterocycles. The minimum atomic E-state index is -1.08. The number of ether oxygens (including phenoxy) is 1. The molecular formula is C32H34Cl2N2O5. The molecule has 3 aromatic rings. The lowest BCUT2D eigenvalue weighted by molar-refractivity contribution is -0.142. The van der Waals surface area contributed by atoms with Crippen LogP contribution in [-0.4, -0.2) is 46.9 Å². The number of halogens is 2. The number of hydrogen-bond donors (Lipinski definition) is 2. The maximum Gasteiger partial charge on any atom is 0.326 e. The normalized spacial score (nSPS) is 14.3. The maximum atomic E-state index is 12.7. The smallest absolute Gasteiger partial charge is 0.326 e. The lowest BCUT2D eigenvalue weighted by atomic mass is 9.92. The van der Waals surface area contributed by atoms with E-state index >= 15 is 0 Å². The zero-order valence-corrected chi connectivity index (χ0v) is 24.2. The van der Waals surface area contributed by atoms with Crippen molar-refractivity contribution in [3.8, 4) is 5.75 Å². The van der Waals surface area contributed by atoms with Crippen molar-refractivity contribution in [1.29, 1.82) is 0 Å². The van der Waals surface area contributed by atoms with Crippen LogP contribution in [0, 0.1) is 5.92 Å². The van der Waals surface area contributed by atoms with Crippen LogP contribution < -0.4 is 10.1 Å². The first-order chi connectivity index (χ1) is 19.8. The summed E-state index contributed by atoms with van der Waals surface area (Å²) in [5, 5.41) is 13.4. The number of benzene rings is 3. The minimum absolute atomic E-state index is 0.0707. The Balaban J connectivity index is 1.18. The average molecular weight is 598 g/mol. The van der Waals surface area contributed by atoms with Gasteiger partial charge in [-0.3, -0.25) is 9.59 Å². The summed E-state index contributed by atoms with van der Waals surface area (Å²) in [4.78, 5) is 39.1. The summed E-state index contributed by atoms with van der Waals surface area (Å²) in [6.07, 6.45) is 2.77. The lowest BCUT2D eigenvalue weighted by Gasteiger charge is -2.32. The number of likely N-dealkylation sites (tertiary alicyclic amines) is 1. The van der Waals surface area contributed by atoms with Crippen LogP contribution in [0.2, 0.25) is 10.0 Å². The molecule has 0 bridgehead atoms. The Morgan fingerprint density at radius 2 is 1.59 bits per heavy atom. The van der Waals surface area contributed by atoms with Gasteiger partial charge in [-0.1, -0.05) is 71.7 Å². The molecule has 1 fully saturated rings. The molecule has 0 unspecified atom stereocenters. The number of aryl methyl sites for hydroxylation is 1. The van der Waals surface area contributed by atoms with E-state index in [0.717, 1.165) is 16.7 Å². The topological polar surface area (TPSA) is 95.9 Å². The van der Waals surface area contributed by atoms with E-state index in [-0.39, 0.29) is 30.6 Å². The number of rotatable bonds is 12. The second kappa shape index (κ2) is 14.9. The fourth-order valence-electron chi connectivity index (χ4n) is 4.90. The fraction of sp³-hybridized carbons (Fsp3) is 0.344. The highest BCUT2D eigenvalue weighted by Crippen LogP contribution is 2.25. The summed E-state index contributed by atoms with van der Waals surface area (Å²) in [7, 11) is 0. The predicted octanol–water partition coefficient (Wildman–Crippen LogP) is 5.95. The molecule has 0 radical (unpaired) electrons. The highest BCUT2D eigenvalue weighted by molar-refractivity contribution is 6.42. The molecule has 9 heteroatoms. The van der Waals surface area contributed by atoms with E-state index in [1.165, 1.54) is 0 Å². The third kappa shape index (κ3) is 9.51. The number of carbonyl (C=O) groups is 3. The van der Waals surface area contributed by atoms with Crippen molar-refractivity contribution in [3.63, 3.8) is 0 Å². The van der Waals surface area contributed by atoms with Crippen LogP contribution in [0.3, 0.4) is 0 Å².